The molecule has 1 aromatic heterocycles. The minimum atomic E-state index is -0.672. The molecule has 0 amide bonds. The molecule has 1 heterocycles. The Bertz CT molecular complexity index is 169. The molecule has 8 heavy (non-hydrogen) atoms. The van der Waals surface area contributed by atoms with Crippen LogP contribution in [0, 0.1) is 12.0 Å². The van der Waals surface area contributed by atoms with Crippen LogP contribution in [0.15, 0.2) is 12.3 Å². The van der Waals surface area contributed by atoms with Crippen molar-refractivity contribution >= 4 is 11.6 Å². The maximum Gasteiger partial charge on any atom is 0.232 e. The maximum absolute atomic E-state index is 12.0. The molecule has 1 rings (SSSR count). The summed E-state index contributed by atoms with van der Waals surface area (Å²) in [6.45, 7) is 0. The Morgan fingerprint density at radius 3 is 2.88 bits per heavy atom. The molecule has 0 saturated carbocycles. The first-order valence-electron chi connectivity index (χ1n) is 1.98. The number of aromatic nitrogens is 1. The third kappa shape index (κ3) is 0.954. The Morgan fingerprint density at radius 2 is 2.50 bits per heavy atom. The average Bonchev–Trinajstić information content (AvgIpc) is 1.77. The van der Waals surface area contributed by atoms with Crippen LogP contribution in [0.5, 0.6) is 0 Å². The molecule has 0 aliphatic carbocycles. The van der Waals surface area contributed by atoms with Crippen molar-refractivity contribution in [2.45, 2.75) is 0 Å². The highest BCUT2D eigenvalue weighted by Gasteiger charge is 1.94. The Kier molecular flexibility index (Phi) is 1.44. The number of nitrogens with zero attached hydrogens (tertiary/aromatic N) is 1. The summed E-state index contributed by atoms with van der Waals surface area (Å²) in [4.78, 5) is 3.25. The molecule has 0 spiro atoms. The lowest BCUT2D eigenvalue weighted by atomic mass is 10.5. The van der Waals surface area contributed by atoms with E-state index >= 15 is 0 Å². The van der Waals surface area contributed by atoms with Crippen molar-refractivity contribution in [3.8, 4) is 0 Å². The minimum absolute atomic E-state index is 0.0625. The number of hydrogen-bond donors (Lipinski definition) is 0. The molecule has 0 aliphatic heterocycles. The molecular weight excluding hydrogens is 129 g/mol. The highest BCUT2D eigenvalue weighted by molar-refractivity contribution is 6.30. The second kappa shape index (κ2) is 2.09. The number of pyridine rings is 1. The summed E-state index contributed by atoms with van der Waals surface area (Å²) < 4.78 is 12.0. The van der Waals surface area contributed by atoms with Gasteiger partial charge in [-0.25, -0.2) is 4.98 Å². The standard InChI is InChI=1S/C5H2ClFN/c6-4-2-1-3-8-5(4)7/h1,3H. The van der Waals surface area contributed by atoms with E-state index in [4.69, 9.17) is 11.6 Å². The van der Waals surface area contributed by atoms with Crippen LogP contribution in [0.4, 0.5) is 4.39 Å². The van der Waals surface area contributed by atoms with Crippen molar-refractivity contribution in [3.05, 3.63) is 29.3 Å². The van der Waals surface area contributed by atoms with Gasteiger partial charge in [0.25, 0.3) is 0 Å². The van der Waals surface area contributed by atoms with Crippen LogP contribution in [0.1, 0.15) is 0 Å². The maximum atomic E-state index is 12.0. The lowest BCUT2D eigenvalue weighted by Gasteiger charge is -1.85. The monoisotopic (exact) mass is 130 g/mol. The first-order valence-corrected chi connectivity index (χ1v) is 2.36. The molecule has 0 atom stereocenters. The van der Waals surface area contributed by atoms with Gasteiger partial charge in [-0.2, -0.15) is 4.39 Å². The van der Waals surface area contributed by atoms with Gasteiger partial charge in [0, 0.05) is 12.3 Å². The van der Waals surface area contributed by atoms with Crippen molar-refractivity contribution in [1.82, 2.24) is 4.98 Å². The third-order valence-electron chi connectivity index (χ3n) is 0.654. The molecule has 1 nitrogen and oxygen atoms in total. The number of hydrogen-bond acceptors (Lipinski definition) is 1. The largest absolute Gasteiger partial charge is 0.232 e. The van der Waals surface area contributed by atoms with E-state index in [1.165, 1.54) is 12.3 Å². The molecule has 0 bridgehead atoms. The molecule has 0 aromatic carbocycles. The summed E-state index contributed by atoms with van der Waals surface area (Å²) in [5, 5.41) is -0.0625. The Morgan fingerprint density at radius 1 is 1.75 bits per heavy atom. The molecular formula is C5H2ClFN. The van der Waals surface area contributed by atoms with E-state index in [9.17, 15) is 4.39 Å². The van der Waals surface area contributed by atoms with Gasteiger partial charge in [0.15, 0.2) is 0 Å². The third-order valence-corrected chi connectivity index (χ3v) is 0.919. The van der Waals surface area contributed by atoms with Crippen LogP contribution in [-0.4, -0.2) is 4.98 Å². The van der Waals surface area contributed by atoms with Gasteiger partial charge >= 0.3 is 0 Å². The predicted octanol–water partition coefficient (Wildman–Crippen LogP) is 1.67. The normalized spacial score (nSPS) is 9.25. The molecule has 0 N–H and O–H groups in total. The van der Waals surface area contributed by atoms with Gasteiger partial charge in [-0.3, -0.25) is 0 Å². The molecule has 0 unspecified atom stereocenters. The van der Waals surface area contributed by atoms with E-state index < -0.39 is 5.95 Å². The lowest BCUT2D eigenvalue weighted by molar-refractivity contribution is 0.584. The van der Waals surface area contributed by atoms with Crippen LogP contribution < -0.4 is 0 Å². The highest BCUT2D eigenvalue weighted by Crippen LogP contribution is 2.07. The second-order valence-electron chi connectivity index (χ2n) is 1.19. The minimum Gasteiger partial charge on any atom is -0.227 e. The van der Waals surface area contributed by atoms with Crippen molar-refractivity contribution in [2.24, 2.45) is 0 Å². The topological polar surface area (TPSA) is 12.9 Å². The van der Waals surface area contributed by atoms with E-state index in [1.54, 1.807) is 0 Å². The fourth-order valence-electron chi connectivity index (χ4n) is 0.329. The molecule has 0 saturated heterocycles. The second-order valence-corrected chi connectivity index (χ2v) is 1.57. The lowest BCUT2D eigenvalue weighted by Crippen LogP contribution is -1.79. The van der Waals surface area contributed by atoms with E-state index in [2.05, 4.69) is 11.1 Å². The van der Waals surface area contributed by atoms with E-state index in [-0.39, 0.29) is 5.02 Å². The van der Waals surface area contributed by atoms with Gasteiger partial charge < -0.3 is 0 Å². The number of halogens is 2. The van der Waals surface area contributed by atoms with Crippen molar-refractivity contribution in [3.63, 3.8) is 0 Å². The first kappa shape index (κ1) is 5.51. The quantitative estimate of drug-likeness (QED) is 0.487. The van der Waals surface area contributed by atoms with Crippen LogP contribution in [-0.2, 0) is 0 Å². The van der Waals surface area contributed by atoms with Crippen LogP contribution in [0.2, 0.25) is 5.02 Å². The van der Waals surface area contributed by atoms with Gasteiger partial charge in [-0.15, -0.1) is 0 Å². The van der Waals surface area contributed by atoms with E-state index in [0.29, 0.717) is 0 Å². The van der Waals surface area contributed by atoms with Crippen molar-refractivity contribution in [2.75, 3.05) is 0 Å². The van der Waals surface area contributed by atoms with E-state index in [1.807, 2.05) is 0 Å². The number of rotatable bonds is 0. The predicted molar refractivity (Wildman–Crippen MR) is 28.0 cm³/mol. The van der Waals surface area contributed by atoms with Crippen molar-refractivity contribution in [1.29, 1.82) is 0 Å². The van der Waals surface area contributed by atoms with Gasteiger partial charge in [-0.05, 0) is 6.07 Å². The zero-order valence-corrected chi connectivity index (χ0v) is 4.61. The fourth-order valence-corrected chi connectivity index (χ4v) is 0.441. The summed E-state index contributed by atoms with van der Waals surface area (Å²) in [5.74, 6) is -0.672. The highest BCUT2D eigenvalue weighted by atomic mass is 35.5. The summed E-state index contributed by atoms with van der Waals surface area (Å²) >= 11 is 5.22. The van der Waals surface area contributed by atoms with Gasteiger partial charge in [0.1, 0.15) is 5.02 Å². The van der Waals surface area contributed by atoms with Crippen LogP contribution in [0.3, 0.4) is 0 Å². The smallest absolute Gasteiger partial charge is 0.227 e. The molecule has 3 heteroatoms. The molecule has 1 aromatic rings. The van der Waals surface area contributed by atoms with Gasteiger partial charge in [0.05, 0.1) is 0 Å². The zero-order chi connectivity index (χ0) is 5.98. The fraction of sp³-hybridized carbons (Fsp3) is 0. The SMILES string of the molecule is Fc1ncc[c]c1Cl. The summed E-state index contributed by atoms with van der Waals surface area (Å²) in [6.07, 6.45) is 1.29. The molecule has 41 valence electrons. The van der Waals surface area contributed by atoms with Gasteiger partial charge in [0.2, 0.25) is 5.95 Å². The average molecular weight is 131 g/mol. The Hall–Kier alpha value is -0.630. The summed E-state index contributed by atoms with van der Waals surface area (Å²) in [7, 11) is 0. The van der Waals surface area contributed by atoms with E-state index in [0.717, 1.165) is 0 Å². The first-order chi connectivity index (χ1) is 3.80. The Balaban J connectivity index is 3.13. The summed E-state index contributed by atoms with van der Waals surface area (Å²) in [5.41, 5.74) is 0. The molecule has 0 aliphatic rings. The van der Waals surface area contributed by atoms with Crippen LogP contribution >= 0.6 is 11.6 Å². The van der Waals surface area contributed by atoms with Crippen molar-refractivity contribution < 1.29 is 4.39 Å². The summed E-state index contributed by atoms with van der Waals surface area (Å²) in [6, 6.07) is 3.88. The molecule has 0 fully saturated rings. The van der Waals surface area contributed by atoms with Crippen LogP contribution in [0.25, 0.3) is 0 Å². The van der Waals surface area contributed by atoms with Gasteiger partial charge in [-0.1, -0.05) is 11.6 Å². The molecule has 1 radical (unpaired) electrons. The zero-order valence-electron chi connectivity index (χ0n) is 3.86. The Labute approximate surface area is 51.1 Å².